The van der Waals surface area contributed by atoms with Crippen molar-refractivity contribution in [2.24, 2.45) is 11.3 Å². The average Bonchev–Trinajstić information content (AvgIpc) is 2.54. The molecule has 0 spiro atoms. The highest BCUT2D eigenvalue weighted by Crippen LogP contribution is 2.25. The number of amides is 2. The molecule has 1 aliphatic heterocycles. The van der Waals surface area contributed by atoms with Crippen LogP contribution in [0.15, 0.2) is 24.3 Å². The molecule has 2 rings (SSSR count). The number of rotatable bonds is 3. The lowest BCUT2D eigenvalue weighted by Gasteiger charge is -2.35. The number of carbonyl (C=O) groups excluding carboxylic acids is 2. The van der Waals surface area contributed by atoms with Gasteiger partial charge in [-0.15, -0.1) is 0 Å². The van der Waals surface area contributed by atoms with E-state index in [1.807, 2.05) is 49.9 Å². The molecule has 2 amide bonds. The number of likely N-dealkylation sites (tertiary alicyclic amines) is 1. The third-order valence-electron chi connectivity index (χ3n) is 4.45. The molecule has 0 bridgehead atoms. The zero-order valence-corrected chi connectivity index (χ0v) is 14.7. The van der Waals surface area contributed by atoms with Crippen molar-refractivity contribution in [1.29, 1.82) is 0 Å². The fourth-order valence-electron chi connectivity index (χ4n) is 3.00. The Labute approximate surface area is 139 Å². The summed E-state index contributed by atoms with van der Waals surface area (Å²) in [4.78, 5) is 26.7. The Morgan fingerprint density at radius 3 is 2.35 bits per heavy atom. The summed E-state index contributed by atoms with van der Waals surface area (Å²) in [6.45, 7) is 9.25. The first-order valence-corrected chi connectivity index (χ1v) is 8.51. The number of aryl methyl sites for hydroxylation is 1. The summed E-state index contributed by atoms with van der Waals surface area (Å²) < 4.78 is 0. The van der Waals surface area contributed by atoms with Gasteiger partial charge in [0.05, 0.1) is 0 Å². The highest BCUT2D eigenvalue weighted by Gasteiger charge is 2.32. The van der Waals surface area contributed by atoms with Crippen molar-refractivity contribution in [3.8, 4) is 0 Å². The molecule has 1 heterocycles. The molecule has 1 aromatic carbocycles. The van der Waals surface area contributed by atoms with Gasteiger partial charge >= 0.3 is 0 Å². The summed E-state index contributed by atoms with van der Waals surface area (Å²) in [7, 11) is 0. The van der Waals surface area contributed by atoms with Crippen molar-refractivity contribution in [2.75, 3.05) is 18.4 Å². The number of nitrogens with zero attached hydrogens (tertiary/aromatic N) is 1. The smallest absolute Gasteiger partial charge is 0.227 e. The molecule has 23 heavy (non-hydrogen) atoms. The van der Waals surface area contributed by atoms with Gasteiger partial charge in [-0.05, 0) is 30.9 Å². The number of carbonyl (C=O) groups is 2. The van der Waals surface area contributed by atoms with Crippen molar-refractivity contribution < 1.29 is 9.59 Å². The van der Waals surface area contributed by atoms with E-state index in [-0.39, 0.29) is 23.1 Å². The molecule has 1 N–H and O–H groups in total. The number of para-hydroxylation sites is 1. The van der Waals surface area contributed by atoms with Gasteiger partial charge in [0.25, 0.3) is 0 Å². The van der Waals surface area contributed by atoms with Gasteiger partial charge in [-0.25, -0.2) is 0 Å². The van der Waals surface area contributed by atoms with Crippen LogP contribution < -0.4 is 5.32 Å². The Bertz CT molecular complexity index is 567. The second-order valence-electron chi connectivity index (χ2n) is 7.32. The lowest BCUT2D eigenvalue weighted by molar-refractivity contribution is -0.142. The molecule has 0 aliphatic carbocycles. The Morgan fingerprint density at radius 1 is 1.17 bits per heavy atom. The van der Waals surface area contributed by atoms with Crippen LogP contribution in [0.25, 0.3) is 0 Å². The van der Waals surface area contributed by atoms with Crippen molar-refractivity contribution in [2.45, 2.75) is 47.0 Å². The highest BCUT2D eigenvalue weighted by atomic mass is 16.2. The first kappa shape index (κ1) is 17.5. The van der Waals surface area contributed by atoms with Crippen LogP contribution in [0.5, 0.6) is 0 Å². The van der Waals surface area contributed by atoms with Gasteiger partial charge in [0.2, 0.25) is 11.8 Å². The van der Waals surface area contributed by atoms with E-state index in [0.29, 0.717) is 13.1 Å². The predicted molar refractivity (Wildman–Crippen MR) is 93.2 cm³/mol. The molecular formula is C19H28N2O2. The number of benzene rings is 1. The molecule has 126 valence electrons. The summed E-state index contributed by atoms with van der Waals surface area (Å²) >= 11 is 0. The van der Waals surface area contributed by atoms with E-state index in [1.165, 1.54) is 0 Å². The van der Waals surface area contributed by atoms with Gasteiger partial charge in [-0.2, -0.15) is 0 Å². The molecule has 1 saturated heterocycles. The topological polar surface area (TPSA) is 49.4 Å². The minimum absolute atomic E-state index is 0.0102. The Balaban J connectivity index is 1.92. The third kappa shape index (κ3) is 4.34. The Morgan fingerprint density at radius 2 is 1.78 bits per heavy atom. The minimum Gasteiger partial charge on any atom is -0.342 e. The number of hydrogen-bond acceptors (Lipinski definition) is 2. The van der Waals surface area contributed by atoms with Crippen LogP contribution in [0, 0.1) is 11.3 Å². The largest absolute Gasteiger partial charge is 0.342 e. The van der Waals surface area contributed by atoms with Gasteiger partial charge in [-0.1, -0.05) is 45.9 Å². The Hall–Kier alpha value is -1.84. The van der Waals surface area contributed by atoms with Gasteiger partial charge in [-0.3, -0.25) is 9.59 Å². The maximum Gasteiger partial charge on any atom is 0.227 e. The monoisotopic (exact) mass is 316 g/mol. The predicted octanol–water partition coefficient (Wildman–Crippen LogP) is 3.47. The fraction of sp³-hybridized carbons (Fsp3) is 0.579. The SMILES string of the molecule is CCc1ccccc1NC(=O)C1CCN(C(=O)C(C)(C)C)CC1. The lowest BCUT2D eigenvalue weighted by atomic mass is 9.90. The average molecular weight is 316 g/mol. The van der Waals surface area contributed by atoms with Crippen molar-refractivity contribution in [1.82, 2.24) is 4.90 Å². The summed E-state index contributed by atoms with van der Waals surface area (Å²) in [5.74, 6) is 0.241. The second kappa shape index (κ2) is 7.16. The van der Waals surface area contributed by atoms with Gasteiger partial charge < -0.3 is 10.2 Å². The Kier molecular flexibility index (Phi) is 5.45. The number of hydrogen-bond donors (Lipinski definition) is 1. The van der Waals surface area contributed by atoms with Gasteiger partial charge in [0.1, 0.15) is 0 Å². The van der Waals surface area contributed by atoms with Gasteiger partial charge in [0.15, 0.2) is 0 Å². The molecule has 4 heteroatoms. The summed E-state index contributed by atoms with van der Waals surface area (Å²) in [6.07, 6.45) is 2.37. The lowest BCUT2D eigenvalue weighted by Crippen LogP contribution is -2.45. The molecule has 4 nitrogen and oxygen atoms in total. The minimum atomic E-state index is -0.352. The van der Waals surface area contributed by atoms with Crippen molar-refractivity contribution in [3.63, 3.8) is 0 Å². The molecule has 0 saturated carbocycles. The standard InChI is InChI=1S/C19H28N2O2/c1-5-14-8-6-7-9-16(14)20-17(22)15-10-12-21(13-11-15)18(23)19(2,3)4/h6-9,15H,5,10-13H2,1-4H3,(H,20,22). The number of nitrogens with one attached hydrogen (secondary N) is 1. The van der Waals surface area contributed by atoms with Crippen LogP contribution in [0.1, 0.15) is 46.1 Å². The molecule has 1 aliphatic rings. The number of anilines is 1. The van der Waals surface area contributed by atoms with Crippen molar-refractivity contribution in [3.05, 3.63) is 29.8 Å². The summed E-state index contributed by atoms with van der Waals surface area (Å²) in [5.41, 5.74) is 1.71. The highest BCUT2D eigenvalue weighted by molar-refractivity contribution is 5.93. The summed E-state index contributed by atoms with van der Waals surface area (Å²) in [6, 6.07) is 7.93. The van der Waals surface area contributed by atoms with E-state index in [1.54, 1.807) is 0 Å². The van der Waals surface area contributed by atoms with E-state index in [0.717, 1.165) is 30.5 Å². The van der Waals surface area contributed by atoms with Crippen LogP contribution in [-0.4, -0.2) is 29.8 Å². The maximum atomic E-state index is 12.5. The molecule has 1 fully saturated rings. The van der Waals surface area contributed by atoms with Crippen LogP contribution >= 0.6 is 0 Å². The molecule has 0 unspecified atom stereocenters. The molecular weight excluding hydrogens is 288 g/mol. The second-order valence-corrected chi connectivity index (χ2v) is 7.32. The van der Waals surface area contributed by atoms with Gasteiger partial charge in [0, 0.05) is 30.1 Å². The maximum absolute atomic E-state index is 12.5. The quantitative estimate of drug-likeness (QED) is 0.928. The first-order chi connectivity index (χ1) is 10.8. The van der Waals surface area contributed by atoms with Crippen molar-refractivity contribution >= 4 is 17.5 Å². The zero-order valence-electron chi connectivity index (χ0n) is 14.7. The molecule has 0 radical (unpaired) electrons. The van der Waals surface area contributed by atoms with E-state index in [9.17, 15) is 9.59 Å². The van der Waals surface area contributed by atoms with E-state index in [2.05, 4.69) is 12.2 Å². The molecule has 0 atom stereocenters. The van der Waals surface area contributed by atoms with E-state index >= 15 is 0 Å². The third-order valence-corrected chi connectivity index (χ3v) is 4.45. The van der Waals surface area contributed by atoms with Crippen LogP contribution in [0.2, 0.25) is 0 Å². The normalized spacial score (nSPS) is 16.3. The van der Waals surface area contributed by atoms with E-state index < -0.39 is 0 Å². The number of piperidine rings is 1. The van der Waals surface area contributed by atoms with Crippen LogP contribution in [-0.2, 0) is 16.0 Å². The van der Waals surface area contributed by atoms with Crippen LogP contribution in [0.3, 0.4) is 0 Å². The van der Waals surface area contributed by atoms with Crippen LogP contribution in [0.4, 0.5) is 5.69 Å². The fourth-order valence-corrected chi connectivity index (χ4v) is 3.00. The first-order valence-electron chi connectivity index (χ1n) is 8.51. The molecule has 1 aromatic rings. The van der Waals surface area contributed by atoms with E-state index in [4.69, 9.17) is 0 Å². The zero-order chi connectivity index (χ0) is 17.0. The molecule has 0 aromatic heterocycles. The summed E-state index contributed by atoms with van der Waals surface area (Å²) in [5, 5.41) is 3.06.